The second-order valence-electron chi connectivity index (χ2n) is 4.85. The van der Waals surface area contributed by atoms with Crippen LogP contribution in [0.3, 0.4) is 0 Å². The van der Waals surface area contributed by atoms with E-state index in [2.05, 4.69) is 4.98 Å². The van der Waals surface area contributed by atoms with Crippen molar-refractivity contribution in [2.75, 3.05) is 12.0 Å². The molecule has 0 saturated carbocycles. The standard InChI is InChI=1S/C17H14N2O4/c1-11(20)19(12-6-8-18-9-7-12)17(21)16-10-13-14(22-2)4-3-5-15(13)23-16/h3-10H,1-2H3. The normalized spacial score (nSPS) is 10.5. The average molecular weight is 310 g/mol. The molecule has 0 aliphatic rings. The number of anilines is 1. The molecule has 0 atom stereocenters. The molecule has 0 spiro atoms. The number of nitrogens with zero attached hydrogens (tertiary/aromatic N) is 2. The molecule has 0 unspecified atom stereocenters. The molecule has 116 valence electrons. The van der Waals surface area contributed by atoms with Gasteiger partial charge in [-0.3, -0.25) is 14.6 Å². The van der Waals surface area contributed by atoms with Gasteiger partial charge < -0.3 is 9.15 Å². The summed E-state index contributed by atoms with van der Waals surface area (Å²) >= 11 is 0. The highest BCUT2D eigenvalue weighted by molar-refractivity contribution is 6.20. The van der Waals surface area contributed by atoms with Crippen LogP contribution >= 0.6 is 0 Å². The van der Waals surface area contributed by atoms with Crippen LogP contribution in [0.4, 0.5) is 5.69 Å². The molecule has 23 heavy (non-hydrogen) atoms. The second-order valence-corrected chi connectivity index (χ2v) is 4.85. The zero-order valence-corrected chi connectivity index (χ0v) is 12.6. The average Bonchev–Trinajstić information content (AvgIpc) is 2.99. The van der Waals surface area contributed by atoms with E-state index in [9.17, 15) is 9.59 Å². The Kier molecular flexibility index (Phi) is 3.80. The predicted molar refractivity (Wildman–Crippen MR) is 84.5 cm³/mol. The molecule has 6 nitrogen and oxygen atoms in total. The Balaban J connectivity index is 2.06. The smallest absolute Gasteiger partial charge is 0.300 e. The van der Waals surface area contributed by atoms with Crippen molar-refractivity contribution < 1.29 is 18.7 Å². The van der Waals surface area contributed by atoms with Crippen molar-refractivity contribution >= 4 is 28.5 Å². The molecular formula is C17H14N2O4. The number of methoxy groups -OCH3 is 1. The van der Waals surface area contributed by atoms with Crippen molar-refractivity contribution in [1.82, 2.24) is 4.98 Å². The molecule has 0 saturated heterocycles. The number of ether oxygens (including phenoxy) is 1. The monoisotopic (exact) mass is 310 g/mol. The van der Waals surface area contributed by atoms with E-state index in [1.807, 2.05) is 0 Å². The molecule has 2 amide bonds. The second kappa shape index (κ2) is 5.92. The lowest BCUT2D eigenvalue weighted by Gasteiger charge is -2.17. The highest BCUT2D eigenvalue weighted by Gasteiger charge is 2.25. The Morgan fingerprint density at radius 2 is 1.91 bits per heavy atom. The lowest BCUT2D eigenvalue weighted by molar-refractivity contribution is -0.116. The maximum Gasteiger partial charge on any atom is 0.300 e. The van der Waals surface area contributed by atoms with Gasteiger partial charge >= 0.3 is 5.91 Å². The van der Waals surface area contributed by atoms with Crippen molar-refractivity contribution in [3.8, 4) is 5.75 Å². The Hall–Kier alpha value is -3.15. The van der Waals surface area contributed by atoms with E-state index in [1.54, 1.807) is 43.5 Å². The van der Waals surface area contributed by atoms with E-state index >= 15 is 0 Å². The van der Waals surface area contributed by atoms with Crippen LogP contribution in [0.1, 0.15) is 17.5 Å². The molecular weight excluding hydrogens is 296 g/mol. The molecule has 1 aromatic carbocycles. The summed E-state index contributed by atoms with van der Waals surface area (Å²) in [5.74, 6) is -0.282. The largest absolute Gasteiger partial charge is 0.496 e. The fourth-order valence-electron chi connectivity index (χ4n) is 2.36. The molecule has 2 heterocycles. The van der Waals surface area contributed by atoms with Crippen LogP contribution in [0.5, 0.6) is 5.75 Å². The molecule has 3 aromatic rings. The molecule has 0 N–H and O–H groups in total. The first-order valence-corrected chi connectivity index (χ1v) is 6.93. The van der Waals surface area contributed by atoms with Gasteiger partial charge in [0.1, 0.15) is 11.3 Å². The number of hydrogen-bond acceptors (Lipinski definition) is 5. The highest BCUT2D eigenvalue weighted by atomic mass is 16.5. The van der Waals surface area contributed by atoms with Gasteiger partial charge in [0.15, 0.2) is 5.76 Å². The topological polar surface area (TPSA) is 72.6 Å². The minimum Gasteiger partial charge on any atom is -0.496 e. The predicted octanol–water partition coefficient (Wildman–Crippen LogP) is 3.03. The number of imide groups is 1. The number of benzene rings is 1. The van der Waals surface area contributed by atoms with Crippen LogP contribution in [0.15, 0.2) is 53.2 Å². The number of amides is 2. The molecule has 0 bridgehead atoms. The number of carbonyl (C=O) groups is 2. The lowest BCUT2D eigenvalue weighted by Crippen LogP contribution is -2.34. The first-order chi connectivity index (χ1) is 11.1. The third-order valence-corrected chi connectivity index (χ3v) is 3.39. The van der Waals surface area contributed by atoms with Gasteiger partial charge in [-0.1, -0.05) is 6.07 Å². The summed E-state index contributed by atoms with van der Waals surface area (Å²) in [6.07, 6.45) is 3.03. The molecule has 0 fully saturated rings. The van der Waals surface area contributed by atoms with Gasteiger partial charge in [0.2, 0.25) is 5.91 Å². The summed E-state index contributed by atoms with van der Waals surface area (Å²) in [4.78, 5) is 29.6. The summed E-state index contributed by atoms with van der Waals surface area (Å²) in [6, 6.07) is 10.0. The van der Waals surface area contributed by atoms with E-state index in [-0.39, 0.29) is 5.76 Å². The van der Waals surface area contributed by atoms with Crippen molar-refractivity contribution in [2.24, 2.45) is 0 Å². The van der Waals surface area contributed by atoms with Crippen LogP contribution in [0.25, 0.3) is 11.0 Å². The van der Waals surface area contributed by atoms with E-state index < -0.39 is 11.8 Å². The third kappa shape index (κ3) is 2.66. The van der Waals surface area contributed by atoms with E-state index in [0.29, 0.717) is 22.4 Å². The van der Waals surface area contributed by atoms with Gasteiger partial charge in [0, 0.05) is 25.4 Å². The van der Waals surface area contributed by atoms with Crippen molar-refractivity contribution in [3.63, 3.8) is 0 Å². The Labute approximate surface area is 132 Å². The SMILES string of the molecule is COc1cccc2oc(C(=O)N(C(C)=O)c3ccncc3)cc12. The zero-order chi connectivity index (χ0) is 16.4. The van der Waals surface area contributed by atoms with Crippen LogP contribution < -0.4 is 9.64 Å². The maximum atomic E-state index is 12.7. The summed E-state index contributed by atoms with van der Waals surface area (Å²) < 4.78 is 10.8. The number of pyridine rings is 1. The fourth-order valence-corrected chi connectivity index (χ4v) is 2.36. The number of fused-ring (bicyclic) bond motifs is 1. The zero-order valence-electron chi connectivity index (χ0n) is 12.6. The summed E-state index contributed by atoms with van der Waals surface area (Å²) in [5.41, 5.74) is 0.954. The Morgan fingerprint density at radius 3 is 2.57 bits per heavy atom. The quantitative estimate of drug-likeness (QED) is 0.743. The van der Waals surface area contributed by atoms with E-state index in [4.69, 9.17) is 9.15 Å². The summed E-state index contributed by atoms with van der Waals surface area (Å²) in [5, 5.41) is 0.677. The van der Waals surface area contributed by atoms with Crippen molar-refractivity contribution in [3.05, 3.63) is 54.6 Å². The van der Waals surface area contributed by atoms with Gasteiger partial charge in [-0.2, -0.15) is 0 Å². The van der Waals surface area contributed by atoms with Gasteiger partial charge in [0.25, 0.3) is 0 Å². The van der Waals surface area contributed by atoms with E-state index in [0.717, 1.165) is 4.90 Å². The molecule has 0 aliphatic carbocycles. The van der Waals surface area contributed by atoms with Gasteiger partial charge in [-0.15, -0.1) is 0 Å². The lowest BCUT2D eigenvalue weighted by atomic mass is 10.2. The van der Waals surface area contributed by atoms with Crippen LogP contribution in [-0.2, 0) is 4.79 Å². The van der Waals surface area contributed by atoms with E-state index in [1.165, 1.54) is 19.3 Å². The number of furan rings is 1. The van der Waals surface area contributed by atoms with Crippen molar-refractivity contribution in [2.45, 2.75) is 6.92 Å². The van der Waals surface area contributed by atoms with Gasteiger partial charge in [-0.25, -0.2) is 4.90 Å². The number of carbonyl (C=O) groups excluding carboxylic acids is 2. The van der Waals surface area contributed by atoms with Crippen molar-refractivity contribution in [1.29, 1.82) is 0 Å². The minimum atomic E-state index is -0.540. The highest BCUT2D eigenvalue weighted by Crippen LogP contribution is 2.29. The summed E-state index contributed by atoms with van der Waals surface area (Å²) in [6.45, 7) is 1.32. The molecule has 3 rings (SSSR count). The number of rotatable bonds is 3. The van der Waals surface area contributed by atoms with Crippen LogP contribution in [-0.4, -0.2) is 23.9 Å². The van der Waals surface area contributed by atoms with Crippen LogP contribution in [0.2, 0.25) is 0 Å². The molecule has 6 heteroatoms. The molecule has 2 aromatic heterocycles. The Morgan fingerprint density at radius 1 is 1.17 bits per heavy atom. The molecule has 0 radical (unpaired) electrons. The number of hydrogen-bond donors (Lipinski definition) is 0. The third-order valence-electron chi connectivity index (χ3n) is 3.39. The first kappa shape index (κ1) is 14.8. The first-order valence-electron chi connectivity index (χ1n) is 6.93. The Bertz CT molecular complexity index is 871. The summed E-state index contributed by atoms with van der Waals surface area (Å²) in [7, 11) is 1.54. The number of aromatic nitrogens is 1. The van der Waals surface area contributed by atoms with Crippen LogP contribution in [0, 0.1) is 0 Å². The van der Waals surface area contributed by atoms with Gasteiger partial charge in [-0.05, 0) is 24.3 Å². The molecule has 0 aliphatic heterocycles. The maximum absolute atomic E-state index is 12.7. The minimum absolute atomic E-state index is 0.0662. The van der Waals surface area contributed by atoms with Gasteiger partial charge in [0.05, 0.1) is 18.2 Å². The fraction of sp³-hybridized carbons (Fsp3) is 0.118.